The minimum atomic E-state index is -0.470. The van der Waals surface area contributed by atoms with E-state index in [0.29, 0.717) is 25.1 Å². The summed E-state index contributed by atoms with van der Waals surface area (Å²) in [4.78, 5) is 6.63. The Morgan fingerprint density at radius 3 is 2.72 bits per heavy atom. The third-order valence-corrected chi connectivity index (χ3v) is 5.11. The molecule has 6 heteroatoms. The highest BCUT2D eigenvalue weighted by Gasteiger charge is 2.18. The molecule has 0 saturated heterocycles. The monoisotopic (exact) mass is 458 g/mol. The van der Waals surface area contributed by atoms with Crippen LogP contribution in [0.15, 0.2) is 29.3 Å². The van der Waals surface area contributed by atoms with E-state index < -0.39 is 6.10 Å². The molecule has 0 bridgehead atoms. The van der Waals surface area contributed by atoms with Gasteiger partial charge in [0, 0.05) is 25.7 Å². The number of hydrogen-bond donors (Lipinski definition) is 3. The van der Waals surface area contributed by atoms with E-state index in [2.05, 4.69) is 39.5 Å². The second-order valence-corrected chi connectivity index (χ2v) is 7.11. The summed E-state index contributed by atoms with van der Waals surface area (Å²) < 4.78 is 0. The first-order chi connectivity index (χ1) is 11.7. The molecule has 3 rings (SSSR count). The zero-order valence-electron chi connectivity index (χ0n) is 14.9. The molecular formula is C19H31IN4O. The van der Waals surface area contributed by atoms with Crippen molar-refractivity contribution in [1.82, 2.24) is 10.2 Å². The zero-order chi connectivity index (χ0) is 16.8. The first kappa shape index (κ1) is 20.5. The molecule has 0 aromatic heterocycles. The van der Waals surface area contributed by atoms with Gasteiger partial charge in [-0.25, -0.2) is 0 Å². The second kappa shape index (κ2) is 10.3. The van der Waals surface area contributed by atoms with E-state index in [1.165, 1.54) is 43.2 Å². The van der Waals surface area contributed by atoms with Crippen LogP contribution in [-0.4, -0.2) is 47.7 Å². The molecule has 0 radical (unpaired) electrons. The molecule has 1 aromatic carbocycles. The molecule has 25 heavy (non-hydrogen) atoms. The Hall–Kier alpha value is -0.860. The molecule has 1 atom stereocenters. The van der Waals surface area contributed by atoms with Crippen LogP contribution in [0.2, 0.25) is 0 Å². The smallest absolute Gasteiger partial charge is 0.188 e. The lowest BCUT2D eigenvalue weighted by molar-refractivity contribution is 0.111. The molecular weight excluding hydrogens is 427 g/mol. The van der Waals surface area contributed by atoms with Crippen molar-refractivity contribution in [1.29, 1.82) is 0 Å². The SMILES string of the molecule is I.NC(=NCC(O)CN1CCc2ccccc2C1)NC1CCCCC1. The summed E-state index contributed by atoms with van der Waals surface area (Å²) >= 11 is 0. The Kier molecular flexibility index (Phi) is 8.45. The Morgan fingerprint density at radius 2 is 1.96 bits per heavy atom. The summed E-state index contributed by atoms with van der Waals surface area (Å²) in [5.41, 5.74) is 8.77. The van der Waals surface area contributed by atoms with Crippen LogP contribution < -0.4 is 11.1 Å². The van der Waals surface area contributed by atoms with Gasteiger partial charge >= 0.3 is 0 Å². The molecule has 1 aromatic rings. The summed E-state index contributed by atoms with van der Waals surface area (Å²) in [6.07, 6.45) is 6.79. The fraction of sp³-hybridized carbons (Fsp3) is 0.632. The van der Waals surface area contributed by atoms with Gasteiger partial charge in [0.1, 0.15) is 0 Å². The van der Waals surface area contributed by atoms with E-state index in [0.717, 1.165) is 19.5 Å². The van der Waals surface area contributed by atoms with E-state index >= 15 is 0 Å². The number of nitrogens with one attached hydrogen (secondary N) is 1. The number of aliphatic hydroxyl groups excluding tert-OH is 1. The number of aliphatic imine (C=N–C) groups is 1. The van der Waals surface area contributed by atoms with Crippen molar-refractivity contribution >= 4 is 29.9 Å². The molecule has 0 amide bonds. The van der Waals surface area contributed by atoms with E-state index in [9.17, 15) is 5.11 Å². The third kappa shape index (κ3) is 6.42. The number of rotatable bonds is 5. The average Bonchev–Trinajstić information content (AvgIpc) is 2.61. The van der Waals surface area contributed by atoms with Gasteiger partial charge in [0.15, 0.2) is 5.96 Å². The van der Waals surface area contributed by atoms with Crippen LogP contribution in [-0.2, 0) is 13.0 Å². The molecule has 2 aliphatic rings. The van der Waals surface area contributed by atoms with Crippen molar-refractivity contribution < 1.29 is 5.11 Å². The predicted molar refractivity (Wildman–Crippen MR) is 113 cm³/mol. The van der Waals surface area contributed by atoms with E-state index in [4.69, 9.17) is 5.73 Å². The number of nitrogens with zero attached hydrogens (tertiary/aromatic N) is 2. The fourth-order valence-electron chi connectivity index (χ4n) is 3.77. The highest BCUT2D eigenvalue weighted by atomic mass is 127. The summed E-state index contributed by atoms with van der Waals surface area (Å²) in [5, 5.41) is 13.6. The number of aliphatic hydroxyl groups is 1. The van der Waals surface area contributed by atoms with Gasteiger partial charge in [0.25, 0.3) is 0 Å². The van der Waals surface area contributed by atoms with Crippen molar-refractivity contribution in [2.24, 2.45) is 10.7 Å². The number of fused-ring (bicyclic) bond motifs is 1. The van der Waals surface area contributed by atoms with Crippen molar-refractivity contribution in [2.75, 3.05) is 19.6 Å². The predicted octanol–water partition coefficient (Wildman–Crippen LogP) is 2.26. The zero-order valence-corrected chi connectivity index (χ0v) is 17.2. The summed E-state index contributed by atoms with van der Waals surface area (Å²) in [5.74, 6) is 0.477. The van der Waals surface area contributed by atoms with Gasteiger partial charge in [-0.05, 0) is 30.4 Å². The van der Waals surface area contributed by atoms with Gasteiger partial charge in [-0.1, -0.05) is 43.5 Å². The topological polar surface area (TPSA) is 73.9 Å². The highest BCUT2D eigenvalue weighted by Crippen LogP contribution is 2.19. The van der Waals surface area contributed by atoms with Gasteiger partial charge in [-0.2, -0.15) is 0 Å². The molecule has 1 aliphatic carbocycles. The molecule has 1 fully saturated rings. The highest BCUT2D eigenvalue weighted by molar-refractivity contribution is 14.0. The Bertz CT molecular complexity index is 560. The van der Waals surface area contributed by atoms with Crippen LogP contribution in [0.25, 0.3) is 0 Å². The second-order valence-electron chi connectivity index (χ2n) is 7.11. The van der Waals surface area contributed by atoms with E-state index in [-0.39, 0.29) is 24.0 Å². The van der Waals surface area contributed by atoms with Gasteiger partial charge in [0.2, 0.25) is 0 Å². The molecule has 1 aliphatic heterocycles. The first-order valence-electron chi connectivity index (χ1n) is 9.24. The number of β-amino-alcohol motifs (C(OH)–C–C–N with tert-alkyl or cyclic N) is 1. The number of benzene rings is 1. The van der Waals surface area contributed by atoms with Crippen LogP contribution in [0.5, 0.6) is 0 Å². The maximum absolute atomic E-state index is 10.3. The Labute approximate surface area is 168 Å². The maximum atomic E-state index is 10.3. The lowest BCUT2D eigenvalue weighted by Crippen LogP contribution is -2.42. The Morgan fingerprint density at radius 1 is 1.24 bits per heavy atom. The fourth-order valence-corrected chi connectivity index (χ4v) is 3.77. The normalized spacial score (nSPS) is 20.4. The lowest BCUT2D eigenvalue weighted by atomic mass is 9.96. The van der Waals surface area contributed by atoms with E-state index in [1.54, 1.807) is 0 Å². The number of hydrogen-bond acceptors (Lipinski definition) is 3. The molecule has 0 spiro atoms. The molecule has 1 heterocycles. The van der Waals surface area contributed by atoms with Gasteiger partial charge in [-0.15, -0.1) is 24.0 Å². The van der Waals surface area contributed by atoms with Crippen LogP contribution in [0.3, 0.4) is 0 Å². The van der Waals surface area contributed by atoms with Crippen LogP contribution in [0.4, 0.5) is 0 Å². The summed E-state index contributed by atoms with van der Waals surface area (Å²) in [6, 6.07) is 9.02. The van der Waals surface area contributed by atoms with Crippen LogP contribution >= 0.6 is 24.0 Å². The summed E-state index contributed by atoms with van der Waals surface area (Å²) in [7, 11) is 0. The largest absolute Gasteiger partial charge is 0.390 e. The molecule has 1 saturated carbocycles. The number of halogens is 1. The minimum Gasteiger partial charge on any atom is -0.390 e. The van der Waals surface area contributed by atoms with Crippen molar-refractivity contribution in [3.05, 3.63) is 35.4 Å². The third-order valence-electron chi connectivity index (χ3n) is 5.11. The standard InChI is InChI=1S/C19H30N4O.HI/c20-19(22-17-8-2-1-3-9-17)21-12-18(24)14-23-11-10-15-6-4-5-7-16(15)13-23;/h4-7,17-18,24H,1-3,8-14H2,(H3,20,21,22);1H. The average molecular weight is 458 g/mol. The first-order valence-corrected chi connectivity index (χ1v) is 9.24. The van der Waals surface area contributed by atoms with Crippen molar-refractivity contribution in [2.45, 2.75) is 57.2 Å². The van der Waals surface area contributed by atoms with Gasteiger partial charge in [-0.3, -0.25) is 9.89 Å². The molecule has 140 valence electrons. The lowest BCUT2D eigenvalue weighted by Gasteiger charge is -2.30. The minimum absolute atomic E-state index is 0. The number of nitrogens with two attached hydrogens (primary N) is 1. The quantitative estimate of drug-likeness (QED) is 0.360. The summed E-state index contributed by atoms with van der Waals surface area (Å²) in [6.45, 7) is 2.92. The van der Waals surface area contributed by atoms with Gasteiger partial charge < -0.3 is 16.2 Å². The molecule has 1 unspecified atom stereocenters. The van der Waals surface area contributed by atoms with Crippen LogP contribution in [0, 0.1) is 0 Å². The van der Waals surface area contributed by atoms with Crippen molar-refractivity contribution in [3.8, 4) is 0 Å². The maximum Gasteiger partial charge on any atom is 0.188 e. The molecule has 5 nitrogen and oxygen atoms in total. The Balaban J connectivity index is 0.00000225. The van der Waals surface area contributed by atoms with Crippen molar-refractivity contribution in [3.63, 3.8) is 0 Å². The number of guanidine groups is 1. The van der Waals surface area contributed by atoms with Gasteiger partial charge in [0.05, 0.1) is 12.6 Å². The van der Waals surface area contributed by atoms with E-state index in [1.807, 2.05) is 0 Å². The molecule has 4 N–H and O–H groups in total. The van der Waals surface area contributed by atoms with Crippen LogP contribution in [0.1, 0.15) is 43.2 Å².